The Labute approximate surface area is 170 Å². The van der Waals surface area contributed by atoms with Crippen LogP contribution in [0.5, 0.6) is 0 Å². The summed E-state index contributed by atoms with van der Waals surface area (Å²) in [6.45, 7) is 1.33. The number of furan rings is 2. The molecule has 1 amide bonds. The Morgan fingerprint density at radius 1 is 1.21 bits per heavy atom. The molecule has 0 radical (unpaired) electrons. The Morgan fingerprint density at radius 2 is 1.97 bits per heavy atom. The van der Waals surface area contributed by atoms with Gasteiger partial charge in [-0.25, -0.2) is 0 Å². The molecule has 0 spiro atoms. The van der Waals surface area contributed by atoms with Gasteiger partial charge in [-0.1, -0.05) is 11.8 Å². The van der Waals surface area contributed by atoms with Crippen LogP contribution in [0.2, 0.25) is 0 Å². The van der Waals surface area contributed by atoms with E-state index in [1.165, 1.54) is 16.4 Å². The van der Waals surface area contributed by atoms with E-state index in [9.17, 15) is 9.59 Å². The average molecular weight is 413 g/mol. The Morgan fingerprint density at radius 3 is 2.59 bits per heavy atom. The molecule has 5 heterocycles. The van der Waals surface area contributed by atoms with E-state index in [1.807, 2.05) is 12.1 Å². The molecule has 9 nitrogen and oxygen atoms in total. The quantitative estimate of drug-likeness (QED) is 0.676. The van der Waals surface area contributed by atoms with E-state index in [0.717, 1.165) is 0 Å². The van der Waals surface area contributed by atoms with E-state index < -0.39 is 5.25 Å². The highest BCUT2D eigenvalue weighted by molar-refractivity contribution is 8.00. The van der Waals surface area contributed by atoms with E-state index in [2.05, 4.69) is 15.0 Å². The summed E-state index contributed by atoms with van der Waals surface area (Å²) in [6, 6.07) is 6.93. The van der Waals surface area contributed by atoms with E-state index in [4.69, 9.17) is 14.6 Å². The summed E-state index contributed by atoms with van der Waals surface area (Å²) in [5, 5.41) is 4.44. The molecule has 0 aromatic carbocycles. The molecule has 2 N–H and O–H groups in total. The highest BCUT2D eigenvalue weighted by Gasteiger charge is 2.45. The monoisotopic (exact) mass is 413 g/mol. The minimum Gasteiger partial charge on any atom is -0.468 e. The highest BCUT2D eigenvalue weighted by Crippen LogP contribution is 2.42. The number of thioether (sulfide) groups is 1. The number of aromatic nitrogens is 3. The lowest BCUT2D eigenvalue weighted by Crippen LogP contribution is -2.44. The number of hydrogen-bond acceptors (Lipinski definition) is 8. The molecule has 2 aliphatic rings. The van der Waals surface area contributed by atoms with Crippen LogP contribution in [-0.2, 0) is 4.79 Å². The molecular formula is C19H19N5O4S. The standard InChI is InChI=1S/C19H19N5O4S/c20-16(25)11-5-7-23(8-6-11)14(12-3-1-9-27-12)15-18(26)24-19(29-15)21-17(22-24)13-4-2-10-28-13/h1-4,9-11,14-15H,5-8H2,(H2,20,25). The second-order valence-electron chi connectivity index (χ2n) is 7.16. The SMILES string of the molecule is NC(=O)C1CCN(C(c2ccco2)C2Sc3nc(-c4ccco4)nn3C2=O)CC1. The maximum absolute atomic E-state index is 13.2. The van der Waals surface area contributed by atoms with Crippen LogP contribution in [-0.4, -0.2) is 49.8 Å². The van der Waals surface area contributed by atoms with Gasteiger partial charge >= 0.3 is 0 Å². The number of piperidine rings is 1. The Balaban J connectivity index is 1.41. The molecule has 1 fully saturated rings. The second-order valence-corrected chi connectivity index (χ2v) is 8.27. The topological polar surface area (TPSA) is 120 Å². The number of nitrogens with zero attached hydrogens (tertiary/aromatic N) is 4. The minimum atomic E-state index is -0.438. The van der Waals surface area contributed by atoms with Crippen LogP contribution in [0.1, 0.15) is 29.4 Å². The summed E-state index contributed by atoms with van der Waals surface area (Å²) in [6.07, 6.45) is 4.49. The predicted molar refractivity (Wildman–Crippen MR) is 103 cm³/mol. The van der Waals surface area contributed by atoms with Gasteiger partial charge in [-0.15, -0.1) is 5.10 Å². The van der Waals surface area contributed by atoms with Gasteiger partial charge in [0.15, 0.2) is 10.9 Å². The fourth-order valence-corrected chi connectivity index (χ4v) is 5.19. The van der Waals surface area contributed by atoms with Gasteiger partial charge in [0.25, 0.3) is 5.91 Å². The van der Waals surface area contributed by atoms with Crippen molar-refractivity contribution < 1.29 is 18.4 Å². The molecule has 29 heavy (non-hydrogen) atoms. The van der Waals surface area contributed by atoms with Crippen LogP contribution in [0, 0.1) is 5.92 Å². The third-order valence-electron chi connectivity index (χ3n) is 5.45. The van der Waals surface area contributed by atoms with Crippen molar-refractivity contribution in [1.29, 1.82) is 0 Å². The summed E-state index contributed by atoms with van der Waals surface area (Å²) in [7, 11) is 0. The maximum Gasteiger partial charge on any atom is 0.265 e. The number of amides is 1. The number of nitrogens with two attached hydrogens (primary N) is 1. The van der Waals surface area contributed by atoms with Crippen molar-refractivity contribution in [3.05, 3.63) is 42.6 Å². The van der Waals surface area contributed by atoms with Crippen molar-refractivity contribution in [3.63, 3.8) is 0 Å². The van der Waals surface area contributed by atoms with Crippen molar-refractivity contribution in [2.24, 2.45) is 11.7 Å². The lowest BCUT2D eigenvalue weighted by molar-refractivity contribution is -0.123. The zero-order valence-corrected chi connectivity index (χ0v) is 16.2. The average Bonchev–Trinajstić information content (AvgIpc) is 3.50. The predicted octanol–water partition coefficient (Wildman–Crippen LogP) is 2.18. The zero-order chi connectivity index (χ0) is 20.0. The van der Waals surface area contributed by atoms with Crippen molar-refractivity contribution in [1.82, 2.24) is 19.7 Å². The Hall–Kier alpha value is -2.85. The first-order valence-corrected chi connectivity index (χ1v) is 10.3. The number of hydrogen-bond donors (Lipinski definition) is 1. The molecule has 150 valence electrons. The largest absolute Gasteiger partial charge is 0.468 e. The normalized spacial score (nSPS) is 21.4. The second kappa shape index (κ2) is 7.20. The molecule has 2 atom stereocenters. The lowest BCUT2D eigenvalue weighted by Gasteiger charge is -2.37. The minimum absolute atomic E-state index is 0.122. The van der Waals surface area contributed by atoms with E-state index in [-0.39, 0.29) is 23.8 Å². The number of primary amides is 1. The van der Waals surface area contributed by atoms with Crippen LogP contribution in [0.3, 0.4) is 0 Å². The molecule has 2 aliphatic heterocycles. The third kappa shape index (κ3) is 3.18. The summed E-state index contributed by atoms with van der Waals surface area (Å²) < 4.78 is 12.4. The highest BCUT2D eigenvalue weighted by atomic mass is 32.2. The zero-order valence-electron chi connectivity index (χ0n) is 15.4. The van der Waals surface area contributed by atoms with Gasteiger partial charge in [0.05, 0.1) is 18.6 Å². The molecule has 3 aromatic rings. The van der Waals surface area contributed by atoms with E-state index in [1.54, 1.807) is 24.7 Å². The molecule has 0 aliphatic carbocycles. The van der Waals surface area contributed by atoms with Gasteiger partial charge in [0, 0.05) is 5.92 Å². The fraction of sp³-hybridized carbons (Fsp3) is 0.368. The Bertz CT molecular complexity index is 1020. The molecular weight excluding hydrogens is 394 g/mol. The lowest BCUT2D eigenvalue weighted by atomic mass is 9.94. The third-order valence-corrected chi connectivity index (χ3v) is 6.64. The molecule has 5 rings (SSSR count). The van der Waals surface area contributed by atoms with Gasteiger partial charge in [-0.2, -0.15) is 9.67 Å². The van der Waals surface area contributed by atoms with Crippen molar-refractivity contribution in [3.8, 4) is 11.6 Å². The van der Waals surface area contributed by atoms with Crippen LogP contribution in [0.4, 0.5) is 0 Å². The molecule has 2 unspecified atom stereocenters. The first-order chi connectivity index (χ1) is 14.1. The Kier molecular flexibility index (Phi) is 4.51. The van der Waals surface area contributed by atoms with E-state index in [0.29, 0.717) is 48.4 Å². The van der Waals surface area contributed by atoms with E-state index >= 15 is 0 Å². The molecule has 1 saturated heterocycles. The van der Waals surface area contributed by atoms with Gasteiger partial charge in [-0.3, -0.25) is 14.5 Å². The number of fused-ring (bicyclic) bond motifs is 1. The van der Waals surface area contributed by atoms with Crippen LogP contribution in [0.15, 0.2) is 50.8 Å². The van der Waals surface area contributed by atoms with Crippen molar-refractivity contribution >= 4 is 23.6 Å². The van der Waals surface area contributed by atoms with Gasteiger partial charge in [0.2, 0.25) is 11.7 Å². The molecule has 0 saturated carbocycles. The summed E-state index contributed by atoms with van der Waals surface area (Å²) in [4.78, 5) is 31.4. The number of carbonyl (C=O) groups is 2. The smallest absolute Gasteiger partial charge is 0.265 e. The van der Waals surface area contributed by atoms with Crippen molar-refractivity contribution in [2.45, 2.75) is 29.3 Å². The summed E-state index contributed by atoms with van der Waals surface area (Å²) in [5.41, 5.74) is 5.46. The van der Waals surface area contributed by atoms with Crippen molar-refractivity contribution in [2.75, 3.05) is 13.1 Å². The fourth-order valence-electron chi connectivity index (χ4n) is 3.95. The number of rotatable bonds is 5. The molecule has 0 bridgehead atoms. The van der Waals surface area contributed by atoms with Gasteiger partial charge in [0.1, 0.15) is 11.0 Å². The summed E-state index contributed by atoms with van der Waals surface area (Å²) in [5.74, 6) is 1.09. The molecule has 3 aromatic heterocycles. The van der Waals surface area contributed by atoms with Gasteiger partial charge in [-0.05, 0) is 50.2 Å². The van der Waals surface area contributed by atoms with Crippen LogP contribution >= 0.6 is 11.8 Å². The summed E-state index contributed by atoms with van der Waals surface area (Å²) >= 11 is 1.37. The van der Waals surface area contributed by atoms with Crippen LogP contribution in [0.25, 0.3) is 11.6 Å². The van der Waals surface area contributed by atoms with Gasteiger partial charge < -0.3 is 14.6 Å². The number of carbonyl (C=O) groups excluding carboxylic acids is 2. The first-order valence-electron chi connectivity index (χ1n) is 9.40. The first kappa shape index (κ1) is 18.2. The number of likely N-dealkylation sites (tertiary alicyclic amines) is 1. The molecule has 10 heteroatoms. The maximum atomic E-state index is 13.2. The van der Waals surface area contributed by atoms with Crippen LogP contribution < -0.4 is 5.73 Å².